The number of furan rings is 1. The molecule has 0 amide bonds. The molecule has 9 aromatic carbocycles. The maximum atomic E-state index is 6.36. The molecule has 1 heterocycles. The highest BCUT2D eigenvalue weighted by Crippen LogP contribution is 2.52. The summed E-state index contributed by atoms with van der Waals surface area (Å²) >= 11 is 0. The topological polar surface area (TPSA) is 16.4 Å². The summed E-state index contributed by atoms with van der Waals surface area (Å²) in [5, 5.41) is 4.67. The molecule has 1 aliphatic rings. The minimum Gasteiger partial charge on any atom is -0.456 e. The van der Waals surface area contributed by atoms with Gasteiger partial charge in [0.05, 0.1) is 5.69 Å². The van der Waals surface area contributed by atoms with Crippen LogP contribution in [0.1, 0.15) is 25.0 Å². The Morgan fingerprint density at radius 2 is 1.00 bits per heavy atom. The van der Waals surface area contributed by atoms with Gasteiger partial charge in [0.1, 0.15) is 11.2 Å². The summed E-state index contributed by atoms with van der Waals surface area (Å²) in [5.74, 6) is 0. The molecule has 0 fully saturated rings. The van der Waals surface area contributed by atoms with E-state index in [9.17, 15) is 0 Å². The fourth-order valence-corrected chi connectivity index (χ4v) is 9.29. The van der Waals surface area contributed by atoms with Crippen molar-refractivity contribution in [1.82, 2.24) is 0 Å². The Bertz CT molecular complexity index is 3150. The quantitative estimate of drug-likeness (QED) is 0.169. The molecule has 10 aromatic rings. The van der Waals surface area contributed by atoms with E-state index in [1.807, 2.05) is 6.07 Å². The lowest BCUT2D eigenvalue weighted by Crippen LogP contribution is -2.17. The standard InChI is InChI=1S/C55H39NO/c1-55(2)49-23-10-8-19-44(49)45-32-31-41(35-50(45)55)56(40-29-26-37(27-30-40)36-14-4-3-5-15-36)51-24-13-22-47(43-21-12-17-38-16-6-7-18-42(38)43)54(51)39-28-33-53-48(34-39)46-20-9-11-25-52(46)57-53/h3-35H,1-2H3. The molecule has 0 saturated heterocycles. The average molecular weight is 730 g/mol. The molecular weight excluding hydrogens is 691 g/mol. The fraction of sp³-hybridized carbons (Fsp3) is 0.0545. The summed E-state index contributed by atoms with van der Waals surface area (Å²) in [6.45, 7) is 4.72. The predicted octanol–water partition coefficient (Wildman–Crippen LogP) is 15.5. The highest BCUT2D eigenvalue weighted by molar-refractivity contribution is 6.09. The van der Waals surface area contributed by atoms with Gasteiger partial charge in [0.25, 0.3) is 0 Å². The lowest BCUT2D eigenvalue weighted by Gasteiger charge is -2.31. The van der Waals surface area contributed by atoms with Crippen LogP contribution in [0.3, 0.4) is 0 Å². The Kier molecular flexibility index (Phi) is 7.55. The number of para-hydroxylation sites is 1. The summed E-state index contributed by atoms with van der Waals surface area (Å²) in [6, 6.07) is 72.9. The summed E-state index contributed by atoms with van der Waals surface area (Å²) in [5.41, 5.74) is 17.3. The number of fused-ring (bicyclic) bond motifs is 7. The van der Waals surface area contributed by atoms with Crippen LogP contribution in [0.2, 0.25) is 0 Å². The third-order valence-electron chi connectivity index (χ3n) is 12.1. The Morgan fingerprint density at radius 3 is 1.88 bits per heavy atom. The van der Waals surface area contributed by atoms with Gasteiger partial charge in [-0.05, 0) is 109 Å². The van der Waals surface area contributed by atoms with Crippen LogP contribution in [-0.4, -0.2) is 0 Å². The highest BCUT2D eigenvalue weighted by atomic mass is 16.3. The Morgan fingerprint density at radius 1 is 0.386 bits per heavy atom. The van der Waals surface area contributed by atoms with Crippen LogP contribution >= 0.6 is 0 Å². The molecule has 0 bridgehead atoms. The predicted molar refractivity (Wildman–Crippen MR) is 240 cm³/mol. The van der Waals surface area contributed by atoms with Crippen LogP contribution in [0, 0.1) is 0 Å². The number of nitrogens with zero attached hydrogens (tertiary/aromatic N) is 1. The molecule has 2 nitrogen and oxygen atoms in total. The Balaban J connectivity index is 1.20. The Hall–Kier alpha value is -7.16. The maximum absolute atomic E-state index is 6.36. The van der Waals surface area contributed by atoms with Gasteiger partial charge < -0.3 is 9.32 Å². The lowest BCUT2D eigenvalue weighted by molar-refractivity contribution is 0.660. The number of benzene rings is 9. The van der Waals surface area contributed by atoms with Gasteiger partial charge >= 0.3 is 0 Å². The molecule has 270 valence electrons. The van der Waals surface area contributed by atoms with Crippen molar-refractivity contribution < 1.29 is 4.42 Å². The van der Waals surface area contributed by atoms with E-state index in [0.717, 1.165) is 50.1 Å². The molecule has 0 radical (unpaired) electrons. The first-order valence-electron chi connectivity index (χ1n) is 19.8. The molecule has 0 unspecified atom stereocenters. The first-order valence-corrected chi connectivity index (χ1v) is 19.8. The van der Waals surface area contributed by atoms with Gasteiger partial charge in [0.15, 0.2) is 0 Å². The molecule has 1 aromatic heterocycles. The van der Waals surface area contributed by atoms with Crippen molar-refractivity contribution in [3.8, 4) is 44.5 Å². The maximum Gasteiger partial charge on any atom is 0.135 e. The smallest absolute Gasteiger partial charge is 0.135 e. The van der Waals surface area contributed by atoms with Crippen molar-refractivity contribution in [3.05, 3.63) is 211 Å². The minimum absolute atomic E-state index is 0.147. The number of hydrogen-bond acceptors (Lipinski definition) is 2. The van der Waals surface area contributed by atoms with E-state index >= 15 is 0 Å². The summed E-state index contributed by atoms with van der Waals surface area (Å²) in [6.07, 6.45) is 0. The fourth-order valence-electron chi connectivity index (χ4n) is 9.29. The van der Waals surface area contributed by atoms with Crippen molar-refractivity contribution >= 4 is 49.8 Å². The van der Waals surface area contributed by atoms with Gasteiger partial charge in [-0.2, -0.15) is 0 Å². The van der Waals surface area contributed by atoms with Crippen LogP contribution in [0.4, 0.5) is 17.1 Å². The van der Waals surface area contributed by atoms with Gasteiger partial charge in [-0.15, -0.1) is 0 Å². The third-order valence-corrected chi connectivity index (χ3v) is 12.1. The van der Waals surface area contributed by atoms with Crippen molar-refractivity contribution in [2.75, 3.05) is 4.90 Å². The molecule has 2 heteroatoms. The van der Waals surface area contributed by atoms with Crippen LogP contribution < -0.4 is 4.90 Å². The second kappa shape index (κ2) is 13.0. The zero-order chi connectivity index (χ0) is 38.1. The molecule has 11 rings (SSSR count). The first kappa shape index (κ1) is 33.2. The SMILES string of the molecule is CC1(C)c2ccccc2-c2ccc(N(c3ccc(-c4ccccc4)cc3)c3cccc(-c4cccc5ccccc45)c3-c3ccc4oc5ccccc5c4c3)cc21. The van der Waals surface area contributed by atoms with Crippen molar-refractivity contribution in [3.63, 3.8) is 0 Å². The van der Waals surface area contributed by atoms with E-state index in [0.29, 0.717) is 0 Å². The number of anilines is 3. The zero-order valence-electron chi connectivity index (χ0n) is 31.9. The lowest BCUT2D eigenvalue weighted by atomic mass is 9.82. The minimum atomic E-state index is -0.147. The number of hydrogen-bond donors (Lipinski definition) is 0. The van der Waals surface area contributed by atoms with Crippen molar-refractivity contribution in [1.29, 1.82) is 0 Å². The van der Waals surface area contributed by atoms with Gasteiger partial charge in [-0.25, -0.2) is 0 Å². The second-order valence-electron chi connectivity index (χ2n) is 15.7. The van der Waals surface area contributed by atoms with E-state index in [2.05, 4.69) is 213 Å². The average Bonchev–Trinajstić information content (AvgIpc) is 3.75. The van der Waals surface area contributed by atoms with Gasteiger partial charge in [-0.1, -0.05) is 166 Å². The third kappa shape index (κ3) is 5.33. The van der Waals surface area contributed by atoms with E-state index in [-0.39, 0.29) is 5.41 Å². The van der Waals surface area contributed by atoms with Crippen LogP contribution in [0.15, 0.2) is 205 Å². The number of rotatable bonds is 6. The molecule has 0 aliphatic heterocycles. The summed E-state index contributed by atoms with van der Waals surface area (Å²) < 4.78 is 6.36. The summed E-state index contributed by atoms with van der Waals surface area (Å²) in [4.78, 5) is 2.47. The molecule has 0 saturated carbocycles. The van der Waals surface area contributed by atoms with E-state index in [1.165, 1.54) is 55.3 Å². The van der Waals surface area contributed by atoms with Crippen molar-refractivity contribution in [2.45, 2.75) is 19.3 Å². The molecule has 0 spiro atoms. The van der Waals surface area contributed by atoms with Gasteiger partial charge in [0.2, 0.25) is 0 Å². The van der Waals surface area contributed by atoms with Crippen LogP contribution in [0.25, 0.3) is 77.2 Å². The van der Waals surface area contributed by atoms with Crippen molar-refractivity contribution in [2.24, 2.45) is 0 Å². The normalized spacial score (nSPS) is 12.9. The van der Waals surface area contributed by atoms with E-state index in [4.69, 9.17) is 4.42 Å². The van der Waals surface area contributed by atoms with Crippen LogP contribution in [0.5, 0.6) is 0 Å². The zero-order valence-corrected chi connectivity index (χ0v) is 31.9. The molecule has 0 atom stereocenters. The molecule has 0 N–H and O–H groups in total. The van der Waals surface area contributed by atoms with Crippen LogP contribution in [-0.2, 0) is 5.41 Å². The van der Waals surface area contributed by atoms with Gasteiger partial charge in [-0.3, -0.25) is 0 Å². The van der Waals surface area contributed by atoms with E-state index < -0.39 is 0 Å². The molecule has 57 heavy (non-hydrogen) atoms. The van der Waals surface area contributed by atoms with Gasteiger partial charge in [0, 0.05) is 33.1 Å². The Labute approximate surface area is 332 Å². The largest absolute Gasteiger partial charge is 0.456 e. The van der Waals surface area contributed by atoms with E-state index in [1.54, 1.807) is 0 Å². The monoisotopic (exact) mass is 729 g/mol. The molecule has 1 aliphatic carbocycles. The second-order valence-corrected chi connectivity index (χ2v) is 15.7. The summed E-state index contributed by atoms with van der Waals surface area (Å²) in [7, 11) is 0. The highest BCUT2D eigenvalue weighted by Gasteiger charge is 2.36. The first-order chi connectivity index (χ1) is 28.0. The molecular formula is C55H39NO.